The van der Waals surface area contributed by atoms with Gasteiger partial charge in [-0.25, -0.2) is 0 Å². The SMILES string of the molecule is CCCc1c[nH][nH]c1=O. The molecule has 0 fully saturated rings. The number of aromatic amines is 2. The first-order valence-corrected chi connectivity index (χ1v) is 3.09. The summed E-state index contributed by atoms with van der Waals surface area (Å²) in [4.78, 5) is 10.7. The third-order valence-electron chi connectivity index (χ3n) is 1.24. The lowest BCUT2D eigenvalue weighted by atomic mass is 10.2. The molecule has 9 heavy (non-hydrogen) atoms. The van der Waals surface area contributed by atoms with E-state index in [1.54, 1.807) is 6.20 Å². The summed E-state index contributed by atoms with van der Waals surface area (Å²) in [5.41, 5.74) is 0.856. The summed E-state index contributed by atoms with van der Waals surface area (Å²) in [6.07, 6.45) is 3.59. The van der Waals surface area contributed by atoms with Gasteiger partial charge in [0.2, 0.25) is 0 Å². The summed E-state index contributed by atoms with van der Waals surface area (Å²) < 4.78 is 0. The smallest absolute Gasteiger partial charge is 0.267 e. The molecule has 0 saturated heterocycles. The highest BCUT2D eigenvalue weighted by atomic mass is 16.1. The van der Waals surface area contributed by atoms with Crippen LogP contribution in [0.5, 0.6) is 0 Å². The van der Waals surface area contributed by atoms with Crippen LogP contribution < -0.4 is 5.56 Å². The van der Waals surface area contributed by atoms with Gasteiger partial charge in [0.25, 0.3) is 5.56 Å². The molecule has 1 aromatic rings. The molecular formula is C6H10N2O. The molecule has 3 nitrogen and oxygen atoms in total. The minimum atomic E-state index is 0.0110. The molecule has 1 rings (SSSR count). The number of H-pyrrole nitrogens is 2. The maximum Gasteiger partial charge on any atom is 0.267 e. The van der Waals surface area contributed by atoms with E-state index in [0.29, 0.717) is 0 Å². The van der Waals surface area contributed by atoms with Gasteiger partial charge in [0.15, 0.2) is 0 Å². The van der Waals surface area contributed by atoms with Crippen molar-refractivity contribution in [3.05, 3.63) is 22.1 Å². The Hall–Kier alpha value is -0.990. The second-order valence-corrected chi connectivity index (χ2v) is 2.02. The average molecular weight is 126 g/mol. The van der Waals surface area contributed by atoms with Crippen molar-refractivity contribution in [2.24, 2.45) is 0 Å². The Kier molecular flexibility index (Phi) is 1.72. The highest BCUT2D eigenvalue weighted by molar-refractivity contribution is 5.02. The monoisotopic (exact) mass is 126 g/mol. The van der Waals surface area contributed by atoms with E-state index in [4.69, 9.17) is 0 Å². The van der Waals surface area contributed by atoms with E-state index in [9.17, 15) is 4.79 Å². The fourth-order valence-electron chi connectivity index (χ4n) is 0.790. The number of aryl methyl sites for hydroxylation is 1. The number of hydrogen-bond donors (Lipinski definition) is 2. The van der Waals surface area contributed by atoms with Gasteiger partial charge in [0, 0.05) is 11.8 Å². The van der Waals surface area contributed by atoms with Crippen molar-refractivity contribution in [1.82, 2.24) is 10.2 Å². The van der Waals surface area contributed by atoms with Gasteiger partial charge in [-0.05, 0) is 6.42 Å². The Balaban J connectivity index is 2.81. The van der Waals surface area contributed by atoms with Crippen LogP contribution in [0.4, 0.5) is 0 Å². The molecule has 0 amide bonds. The van der Waals surface area contributed by atoms with Crippen LogP contribution in [0.2, 0.25) is 0 Å². The van der Waals surface area contributed by atoms with Gasteiger partial charge in [0.05, 0.1) is 0 Å². The zero-order chi connectivity index (χ0) is 6.69. The molecule has 0 saturated carbocycles. The number of hydrogen-bond acceptors (Lipinski definition) is 1. The highest BCUT2D eigenvalue weighted by Gasteiger charge is 1.95. The maximum absolute atomic E-state index is 10.7. The van der Waals surface area contributed by atoms with Gasteiger partial charge in [-0.15, -0.1) is 0 Å². The fraction of sp³-hybridized carbons (Fsp3) is 0.500. The molecule has 0 radical (unpaired) electrons. The Morgan fingerprint density at radius 3 is 2.89 bits per heavy atom. The van der Waals surface area contributed by atoms with E-state index < -0.39 is 0 Å². The van der Waals surface area contributed by atoms with Gasteiger partial charge in [-0.1, -0.05) is 13.3 Å². The Morgan fingerprint density at radius 1 is 1.67 bits per heavy atom. The summed E-state index contributed by atoms with van der Waals surface area (Å²) in [7, 11) is 0. The second-order valence-electron chi connectivity index (χ2n) is 2.02. The number of rotatable bonds is 2. The first kappa shape index (κ1) is 6.13. The van der Waals surface area contributed by atoms with Gasteiger partial charge in [-0.2, -0.15) is 0 Å². The van der Waals surface area contributed by atoms with Gasteiger partial charge in [-0.3, -0.25) is 9.89 Å². The summed E-state index contributed by atoms with van der Waals surface area (Å²) in [5, 5.41) is 5.12. The molecule has 0 aliphatic rings. The molecule has 0 atom stereocenters. The van der Waals surface area contributed by atoms with Crippen LogP contribution in [-0.2, 0) is 6.42 Å². The Labute approximate surface area is 53.1 Å². The summed E-state index contributed by atoms with van der Waals surface area (Å²) in [6.45, 7) is 2.05. The van der Waals surface area contributed by atoms with Crippen molar-refractivity contribution >= 4 is 0 Å². The molecule has 2 N–H and O–H groups in total. The van der Waals surface area contributed by atoms with Crippen molar-refractivity contribution in [3.63, 3.8) is 0 Å². The van der Waals surface area contributed by atoms with Crippen molar-refractivity contribution < 1.29 is 0 Å². The van der Waals surface area contributed by atoms with E-state index >= 15 is 0 Å². The zero-order valence-corrected chi connectivity index (χ0v) is 5.40. The van der Waals surface area contributed by atoms with E-state index in [0.717, 1.165) is 18.4 Å². The molecule has 0 unspecified atom stereocenters. The first-order chi connectivity index (χ1) is 4.34. The van der Waals surface area contributed by atoms with Crippen LogP contribution in [-0.4, -0.2) is 10.2 Å². The standard InChI is InChI=1S/C6H10N2O/c1-2-3-5-4-7-8-6(5)9/h4H,2-3H2,1H3,(H2,7,8,9). The summed E-state index contributed by atoms with van der Waals surface area (Å²) in [5.74, 6) is 0. The minimum absolute atomic E-state index is 0.0110. The molecule has 1 aromatic heterocycles. The minimum Gasteiger partial charge on any atom is -0.305 e. The summed E-state index contributed by atoms with van der Waals surface area (Å²) >= 11 is 0. The maximum atomic E-state index is 10.7. The molecule has 0 bridgehead atoms. The summed E-state index contributed by atoms with van der Waals surface area (Å²) in [6, 6.07) is 0. The van der Waals surface area contributed by atoms with E-state index in [-0.39, 0.29) is 5.56 Å². The van der Waals surface area contributed by atoms with Crippen LogP contribution >= 0.6 is 0 Å². The van der Waals surface area contributed by atoms with Crippen LogP contribution in [0, 0.1) is 0 Å². The van der Waals surface area contributed by atoms with Gasteiger partial charge in [0.1, 0.15) is 0 Å². The van der Waals surface area contributed by atoms with Gasteiger partial charge < -0.3 is 5.10 Å². The van der Waals surface area contributed by atoms with Gasteiger partial charge >= 0.3 is 0 Å². The van der Waals surface area contributed by atoms with Crippen LogP contribution in [0.1, 0.15) is 18.9 Å². The number of aromatic nitrogens is 2. The Morgan fingerprint density at radius 2 is 2.44 bits per heavy atom. The largest absolute Gasteiger partial charge is 0.305 e. The van der Waals surface area contributed by atoms with E-state index in [1.165, 1.54) is 0 Å². The van der Waals surface area contributed by atoms with Crippen molar-refractivity contribution in [3.8, 4) is 0 Å². The molecule has 0 aliphatic carbocycles. The van der Waals surface area contributed by atoms with Crippen LogP contribution in [0.15, 0.2) is 11.0 Å². The zero-order valence-electron chi connectivity index (χ0n) is 5.40. The first-order valence-electron chi connectivity index (χ1n) is 3.09. The number of nitrogens with one attached hydrogen (secondary N) is 2. The predicted molar refractivity (Wildman–Crippen MR) is 35.4 cm³/mol. The molecule has 0 spiro atoms. The molecule has 3 heteroatoms. The third kappa shape index (κ3) is 1.22. The quantitative estimate of drug-likeness (QED) is 0.600. The van der Waals surface area contributed by atoms with Crippen molar-refractivity contribution in [2.75, 3.05) is 0 Å². The second kappa shape index (κ2) is 2.53. The van der Waals surface area contributed by atoms with Crippen LogP contribution in [0.25, 0.3) is 0 Å². The lowest BCUT2D eigenvalue weighted by Gasteiger charge is -1.83. The third-order valence-corrected chi connectivity index (χ3v) is 1.24. The van der Waals surface area contributed by atoms with E-state index in [2.05, 4.69) is 10.2 Å². The lowest BCUT2D eigenvalue weighted by Crippen LogP contribution is -2.04. The molecule has 0 aliphatic heterocycles. The topological polar surface area (TPSA) is 48.6 Å². The normalized spacial score (nSPS) is 9.89. The van der Waals surface area contributed by atoms with Crippen LogP contribution in [0.3, 0.4) is 0 Å². The fourth-order valence-corrected chi connectivity index (χ4v) is 0.790. The highest BCUT2D eigenvalue weighted by Crippen LogP contribution is 1.90. The molecule has 0 aromatic carbocycles. The van der Waals surface area contributed by atoms with Crippen molar-refractivity contribution in [1.29, 1.82) is 0 Å². The predicted octanol–water partition coefficient (Wildman–Crippen LogP) is 0.655. The molecule has 50 valence electrons. The molecular weight excluding hydrogens is 116 g/mol. The lowest BCUT2D eigenvalue weighted by molar-refractivity contribution is 0.914. The Bertz CT molecular complexity index is 223. The van der Waals surface area contributed by atoms with E-state index in [1.807, 2.05) is 6.92 Å². The molecule has 1 heterocycles. The van der Waals surface area contributed by atoms with Crippen molar-refractivity contribution in [2.45, 2.75) is 19.8 Å². The average Bonchev–Trinajstić information content (AvgIpc) is 2.18.